The van der Waals surface area contributed by atoms with Gasteiger partial charge in [0.05, 0.1) is 22.9 Å². The molecule has 0 aliphatic heterocycles. The molecule has 124 valence electrons. The summed E-state index contributed by atoms with van der Waals surface area (Å²) < 4.78 is 16.7. The average molecular weight is 336 g/mol. The van der Waals surface area contributed by atoms with E-state index < -0.39 is 11.7 Å². The fourth-order valence-electron chi connectivity index (χ4n) is 2.81. The number of aryl methyl sites for hydroxylation is 1. The Balaban J connectivity index is 1.82. The molecule has 1 amide bonds. The lowest BCUT2D eigenvalue weighted by Gasteiger charge is -2.10. The number of rotatable bonds is 2. The lowest BCUT2D eigenvalue weighted by Crippen LogP contribution is -2.21. The lowest BCUT2D eigenvalue weighted by atomic mass is 10.1. The first-order valence-corrected chi connectivity index (χ1v) is 7.58. The summed E-state index contributed by atoms with van der Waals surface area (Å²) in [7, 11) is 1.64. The van der Waals surface area contributed by atoms with Crippen LogP contribution in [0.3, 0.4) is 0 Å². The molecule has 2 aromatic carbocycles. The van der Waals surface area contributed by atoms with Crippen molar-refractivity contribution in [3.8, 4) is 0 Å². The Kier molecular flexibility index (Phi) is 3.35. The normalized spacial score (nSPS) is 11.1. The number of aromatic nitrogens is 3. The van der Waals surface area contributed by atoms with Crippen LogP contribution in [0.15, 0.2) is 59.5 Å². The number of hydrogen-bond donors (Lipinski definition) is 1. The van der Waals surface area contributed by atoms with Gasteiger partial charge in [-0.2, -0.15) is 5.10 Å². The predicted octanol–water partition coefficient (Wildman–Crippen LogP) is 2.58. The van der Waals surface area contributed by atoms with Gasteiger partial charge in [-0.25, -0.2) is 8.91 Å². The quantitative estimate of drug-likeness (QED) is 0.612. The van der Waals surface area contributed by atoms with Gasteiger partial charge in [-0.1, -0.05) is 12.1 Å². The monoisotopic (exact) mass is 336 g/mol. The molecular weight excluding hydrogens is 323 g/mol. The Morgan fingerprint density at radius 2 is 1.88 bits per heavy atom. The fraction of sp³-hybridized carbons (Fsp3) is 0.0556. The van der Waals surface area contributed by atoms with Crippen molar-refractivity contribution in [1.29, 1.82) is 0 Å². The number of amides is 1. The molecule has 0 aliphatic rings. The minimum atomic E-state index is -0.512. The van der Waals surface area contributed by atoms with Crippen LogP contribution in [0.1, 0.15) is 10.4 Å². The summed E-state index contributed by atoms with van der Waals surface area (Å²) in [6.07, 6.45) is 1.55. The predicted molar refractivity (Wildman–Crippen MR) is 92.3 cm³/mol. The first-order chi connectivity index (χ1) is 12.1. The molecule has 1 N–H and O–H groups in total. The van der Waals surface area contributed by atoms with E-state index >= 15 is 0 Å². The zero-order valence-corrected chi connectivity index (χ0v) is 13.2. The largest absolute Gasteiger partial charge is 0.319 e. The summed E-state index contributed by atoms with van der Waals surface area (Å²) in [4.78, 5) is 24.8. The Bertz CT molecular complexity index is 1190. The number of nitrogens with one attached hydrogen (secondary N) is 1. The molecule has 0 spiro atoms. The number of fused-ring (bicyclic) bond motifs is 3. The van der Waals surface area contributed by atoms with Crippen LogP contribution in [-0.2, 0) is 7.05 Å². The van der Waals surface area contributed by atoms with Crippen molar-refractivity contribution < 1.29 is 9.18 Å². The highest BCUT2D eigenvalue weighted by atomic mass is 19.1. The van der Waals surface area contributed by atoms with Gasteiger partial charge >= 0.3 is 0 Å². The van der Waals surface area contributed by atoms with Gasteiger partial charge in [0.1, 0.15) is 11.3 Å². The zero-order valence-electron chi connectivity index (χ0n) is 13.2. The standard InChI is InChI=1S/C18H13FN4O2/c1-22-16-10-11(17(24)21-13-5-3-2-4-12(13)19)6-7-14(16)23-15(18(22)25)8-9-20-23/h2-10H,1H3,(H,21,24). The summed E-state index contributed by atoms with van der Waals surface area (Å²) >= 11 is 0. The number of hydrogen-bond acceptors (Lipinski definition) is 3. The van der Waals surface area contributed by atoms with Crippen molar-refractivity contribution in [3.63, 3.8) is 0 Å². The van der Waals surface area contributed by atoms with E-state index in [1.807, 2.05) is 0 Å². The Labute approximate surface area is 141 Å². The van der Waals surface area contributed by atoms with Crippen molar-refractivity contribution in [2.24, 2.45) is 7.05 Å². The number of benzene rings is 2. The molecular formula is C18H13FN4O2. The van der Waals surface area contributed by atoms with E-state index in [2.05, 4.69) is 10.4 Å². The second kappa shape index (κ2) is 5.55. The minimum absolute atomic E-state index is 0.101. The molecule has 0 saturated carbocycles. The average Bonchev–Trinajstić information content (AvgIpc) is 3.11. The van der Waals surface area contributed by atoms with E-state index in [9.17, 15) is 14.0 Å². The highest BCUT2D eigenvalue weighted by Crippen LogP contribution is 2.18. The SMILES string of the molecule is Cn1c(=O)c2ccnn2c2ccc(C(=O)Nc3ccccc3F)cc21. The summed E-state index contributed by atoms with van der Waals surface area (Å²) in [6.45, 7) is 0. The van der Waals surface area contributed by atoms with Gasteiger partial charge < -0.3 is 9.88 Å². The smallest absolute Gasteiger partial charge is 0.276 e. The van der Waals surface area contributed by atoms with Crippen molar-refractivity contribution in [2.45, 2.75) is 0 Å². The van der Waals surface area contributed by atoms with Gasteiger partial charge in [0, 0.05) is 12.6 Å². The maximum atomic E-state index is 13.7. The van der Waals surface area contributed by atoms with Gasteiger partial charge in [-0.15, -0.1) is 0 Å². The van der Waals surface area contributed by atoms with E-state index in [0.29, 0.717) is 22.1 Å². The molecule has 0 atom stereocenters. The lowest BCUT2D eigenvalue weighted by molar-refractivity contribution is 0.102. The number of nitrogens with zero attached hydrogens (tertiary/aromatic N) is 3. The van der Waals surface area contributed by atoms with Crippen LogP contribution in [0.4, 0.5) is 10.1 Å². The van der Waals surface area contributed by atoms with Gasteiger partial charge in [0.2, 0.25) is 0 Å². The van der Waals surface area contributed by atoms with Crippen molar-refractivity contribution in [3.05, 3.63) is 76.5 Å². The highest BCUT2D eigenvalue weighted by molar-refractivity contribution is 6.06. The first kappa shape index (κ1) is 15.1. The van der Waals surface area contributed by atoms with E-state index in [1.165, 1.54) is 21.2 Å². The molecule has 0 unspecified atom stereocenters. The highest BCUT2D eigenvalue weighted by Gasteiger charge is 2.13. The van der Waals surface area contributed by atoms with Crippen molar-refractivity contribution in [1.82, 2.24) is 14.2 Å². The Morgan fingerprint density at radius 3 is 2.68 bits per heavy atom. The van der Waals surface area contributed by atoms with Gasteiger partial charge in [-0.3, -0.25) is 9.59 Å². The Hall–Kier alpha value is -3.48. The second-order valence-corrected chi connectivity index (χ2v) is 5.63. The summed E-state index contributed by atoms with van der Waals surface area (Å²) in [5.41, 5.74) is 1.92. The third-order valence-electron chi connectivity index (χ3n) is 4.12. The molecule has 4 aromatic rings. The number of para-hydroxylation sites is 1. The van der Waals surface area contributed by atoms with Crippen LogP contribution in [0.5, 0.6) is 0 Å². The number of carbonyl (C=O) groups is 1. The van der Waals surface area contributed by atoms with Crippen LogP contribution in [-0.4, -0.2) is 20.1 Å². The van der Waals surface area contributed by atoms with E-state index in [-0.39, 0.29) is 11.2 Å². The molecule has 25 heavy (non-hydrogen) atoms. The van der Waals surface area contributed by atoms with Crippen LogP contribution < -0.4 is 10.9 Å². The van der Waals surface area contributed by atoms with Crippen LogP contribution >= 0.6 is 0 Å². The fourth-order valence-corrected chi connectivity index (χ4v) is 2.81. The third kappa shape index (κ3) is 2.37. The molecule has 4 rings (SSSR count). The molecule has 6 nitrogen and oxygen atoms in total. The number of halogens is 1. The molecule has 0 bridgehead atoms. The minimum Gasteiger partial charge on any atom is -0.319 e. The molecule has 0 radical (unpaired) electrons. The molecule has 0 saturated heterocycles. The van der Waals surface area contributed by atoms with E-state index in [1.54, 1.807) is 49.6 Å². The van der Waals surface area contributed by atoms with E-state index in [4.69, 9.17) is 0 Å². The topological polar surface area (TPSA) is 68.4 Å². The van der Waals surface area contributed by atoms with Crippen molar-refractivity contribution >= 4 is 28.1 Å². The van der Waals surface area contributed by atoms with Crippen LogP contribution in [0, 0.1) is 5.82 Å². The van der Waals surface area contributed by atoms with Gasteiger partial charge in [0.15, 0.2) is 0 Å². The molecule has 2 heterocycles. The number of anilines is 1. The van der Waals surface area contributed by atoms with Gasteiger partial charge in [-0.05, 0) is 36.4 Å². The zero-order chi connectivity index (χ0) is 17.6. The molecule has 0 fully saturated rings. The molecule has 2 aromatic heterocycles. The first-order valence-electron chi connectivity index (χ1n) is 7.58. The van der Waals surface area contributed by atoms with Crippen LogP contribution in [0.25, 0.3) is 16.6 Å². The Morgan fingerprint density at radius 1 is 1.08 bits per heavy atom. The van der Waals surface area contributed by atoms with Crippen molar-refractivity contribution in [2.75, 3.05) is 5.32 Å². The maximum Gasteiger partial charge on any atom is 0.276 e. The van der Waals surface area contributed by atoms with Crippen LogP contribution in [0.2, 0.25) is 0 Å². The summed E-state index contributed by atoms with van der Waals surface area (Å²) in [6, 6.07) is 12.5. The third-order valence-corrected chi connectivity index (χ3v) is 4.12. The summed E-state index contributed by atoms with van der Waals surface area (Å²) in [5.74, 6) is -0.970. The number of carbonyl (C=O) groups excluding carboxylic acids is 1. The second-order valence-electron chi connectivity index (χ2n) is 5.63. The van der Waals surface area contributed by atoms with E-state index in [0.717, 1.165) is 0 Å². The summed E-state index contributed by atoms with van der Waals surface area (Å²) in [5, 5.41) is 6.69. The molecule has 0 aliphatic carbocycles. The molecule has 7 heteroatoms. The van der Waals surface area contributed by atoms with Gasteiger partial charge in [0.25, 0.3) is 11.5 Å². The maximum absolute atomic E-state index is 13.7.